The Morgan fingerprint density at radius 2 is 1.68 bits per heavy atom. The van der Waals surface area contributed by atoms with Gasteiger partial charge in [-0.2, -0.15) is 0 Å². The maximum Gasteiger partial charge on any atom is 0.261 e. The molecule has 1 atom stereocenters. The first-order valence-corrected chi connectivity index (χ1v) is 9.55. The van der Waals surface area contributed by atoms with E-state index in [1.807, 2.05) is 24.3 Å². The summed E-state index contributed by atoms with van der Waals surface area (Å²) >= 11 is 3.00. The molecule has 126 valence electrons. The van der Waals surface area contributed by atoms with Crippen molar-refractivity contribution >= 4 is 45.1 Å². The van der Waals surface area contributed by atoms with Crippen LogP contribution in [0.4, 0.5) is 0 Å². The zero-order valence-electron chi connectivity index (χ0n) is 13.1. The molecular formula is C18H14N2O3S2. The van der Waals surface area contributed by atoms with E-state index in [4.69, 9.17) is 0 Å². The molecule has 2 heterocycles. The van der Waals surface area contributed by atoms with E-state index in [0.29, 0.717) is 16.9 Å². The molecule has 7 heteroatoms. The molecule has 25 heavy (non-hydrogen) atoms. The quantitative estimate of drug-likeness (QED) is 0.552. The standard InChI is InChI=1S/C18H14N2O3S2/c21-11(10-24-18-19-14-7-3-4-8-15(14)25-18)9-20-16(22)12-5-1-2-6-13(12)17(20)23/h1-8,11,21H,9-10H2. The third-order valence-corrected chi connectivity index (χ3v) is 6.27. The minimum atomic E-state index is -0.806. The second-order valence-electron chi connectivity index (χ2n) is 5.68. The number of aliphatic hydroxyl groups is 1. The predicted octanol–water partition coefficient (Wildman–Crippen LogP) is 3.05. The van der Waals surface area contributed by atoms with Crippen LogP contribution in [0.3, 0.4) is 0 Å². The van der Waals surface area contributed by atoms with E-state index in [2.05, 4.69) is 4.98 Å². The highest BCUT2D eigenvalue weighted by atomic mass is 32.2. The summed E-state index contributed by atoms with van der Waals surface area (Å²) in [5.41, 5.74) is 1.74. The molecular weight excluding hydrogens is 356 g/mol. The number of amides is 2. The van der Waals surface area contributed by atoms with Crippen LogP contribution in [0.25, 0.3) is 10.2 Å². The lowest BCUT2D eigenvalue weighted by Gasteiger charge is -2.17. The first kappa shape index (κ1) is 16.3. The number of aliphatic hydroxyl groups excluding tert-OH is 1. The number of benzene rings is 2. The molecule has 1 N–H and O–H groups in total. The normalized spacial score (nSPS) is 15.0. The molecule has 3 aromatic rings. The molecule has 0 radical (unpaired) electrons. The number of hydrogen-bond acceptors (Lipinski definition) is 6. The van der Waals surface area contributed by atoms with Crippen LogP contribution < -0.4 is 0 Å². The van der Waals surface area contributed by atoms with Crippen molar-refractivity contribution in [3.63, 3.8) is 0 Å². The largest absolute Gasteiger partial charge is 0.390 e. The van der Waals surface area contributed by atoms with Crippen LogP contribution in [0.5, 0.6) is 0 Å². The van der Waals surface area contributed by atoms with Crippen LogP contribution in [-0.4, -0.2) is 45.2 Å². The molecule has 0 spiro atoms. The Balaban J connectivity index is 1.40. The number of imide groups is 1. The first-order valence-electron chi connectivity index (χ1n) is 7.75. The molecule has 0 bridgehead atoms. The average Bonchev–Trinajstić information content (AvgIpc) is 3.15. The highest BCUT2D eigenvalue weighted by Crippen LogP contribution is 2.30. The number of β-amino-alcohol motifs (C(OH)–C–C–N with tert-alkyl or cyclic N) is 1. The van der Waals surface area contributed by atoms with Gasteiger partial charge in [0.05, 0.1) is 34.0 Å². The van der Waals surface area contributed by atoms with Gasteiger partial charge in [-0.1, -0.05) is 36.0 Å². The van der Waals surface area contributed by atoms with E-state index in [1.165, 1.54) is 11.8 Å². The van der Waals surface area contributed by atoms with Crippen LogP contribution in [0, 0.1) is 0 Å². The SMILES string of the molecule is O=C1c2ccccc2C(=O)N1CC(O)CSc1nc2ccccc2s1. The van der Waals surface area contributed by atoms with E-state index in [9.17, 15) is 14.7 Å². The third-order valence-electron chi connectivity index (χ3n) is 3.94. The van der Waals surface area contributed by atoms with Gasteiger partial charge >= 0.3 is 0 Å². The molecule has 2 amide bonds. The molecule has 0 saturated heterocycles. The lowest BCUT2D eigenvalue weighted by molar-refractivity contribution is 0.0567. The summed E-state index contributed by atoms with van der Waals surface area (Å²) in [7, 11) is 0. The fourth-order valence-corrected chi connectivity index (χ4v) is 4.76. The van der Waals surface area contributed by atoms with Gasteiger partial charge in [-0.25, -0.2) is 4.98 Å². The number of carbonyl (C=O) groups is 2. The van der Waals surface area contributed by atoms with Gasteiger partial charge in [-0.15, -0.1) is 11.3 Å². The predicted molar refractivity (Wildman–Crippen MR) is 98.2 cm³/mol. The molecule has 1 aliphatic heterocycles. The van der Waals surface area contributed by atoms with Crippen LogP contribution >= 0.6 is 23.1 Å². The van der Waals surface area contributed by atoms with E-state index >= 15 is 0 Å². The summed E-state index contributed by atoms with van der Waals surface area (Å²) in [6.45, 7) is -0.00968. The monoisotopic (exact) mass is 370 g/mol. The molecule has 0 aliphatic carbocycles. The summed E-state index contributed by atoms with van der Waals surface area (Å²) < 4.78 is 1.96. The number of hydrogen-bond donors (Lipinski definition) is 1. The molecule has 0 saturated carbocycles. The van der Waals surface area contributed by atoms with Crippen LogP contribution in [0.1, 0.15) is 20.7 Å². The summed E-state index contributed by atoms with van der Waals surface area (Å²) in [5.74, 6) is -0.318. The molecule has 5 nitrogen and oxygen atoms in total. The van der Waals surface area contributed by atoms with Crippen molar-refractivity contribution in [2.24, 2.45) is 0 Å². The molecule has 0 fully saturated rings. The van der Waals surface area contributed by atoms with Crippen LogP contribution in [0.2, 0.25) is 0 Å². The molecule has 4 rings (SSSR count). The zero-order chi connectivity index (χ0) is 17.4. The van der Waals surface area contributed by atoms with Crippen molar-refractivity contribution in [2.45, 2.75) is 10.4 Å². The minimum absolute atomic E-state index is 0.00968. The number of para-hydroxylation sites is 1. The van der Waals surface area contributed by atoms with Crippen LogP contribution in [0.15, 0.2) is 52.9 Å². The molecule has 2 aromatic carbocycles. The summed E-state index contributed by atoms with van der Waals surface area (Å²) in [6, 6.07) is 14.6. The highest BCUT2D eigenvalue weighted by Gasteiger charge is 2.36. The topological polar surface area (TPSA) is 70.5 Å². The van der Waals surface area contributed by atoms with Crippen molar-refractivity contribution in [2.75, 3.05) is 12.3 Å². The summed E-state index contributed by atoms with van der Waals surface area (Å²) in [4.78, 5) is 30.2. The van der Waals surface area contributed by atoms with E-state index in [-0.39, 0.29) is 18.4 Å². The van der Waals surface area contributed by atoms with Gasteiger partial charge in [-0.3, -0.25) is 14.5 Å². The fraction of sp³-hybridized carbons (Fsp3) is 0.167. The second kappa shape index (κ2) is 6.59. The molecule has 1 aliphatic rings. The van der Waals surface area contributed by atoms with Gasteiger partial charge in [0, 0.05) is 5.75 Å². The number of fused-ring (bicyclic) bond motifs is 2. The Hall–Kier alpha value is -2.22. The highest BCUT2D eigenvalue weighted by molar-refractivity contribution is 8.01. The van der Waals surface area contributed by atoms with Gasteiger partial charge < -0.3 is 5.11 Å². The third kappa shape index (κ3) is 3.06. The minimum Gasteiger partial charge on any atom is -0.390 e. The fourth-order valence-electron chi connectivity index (χ4n) is 2.75. The van der Waals surface area contributed by atoms with Gasteiger partial charge in [0.15, 0.2) is 4.34 Å². The molecule has 1 aromatic heterocycles. The van der Waals surface area contributed by atoms with Gasteiger partial charge in [0.25, 0.3) is 11.8 Å². The zero-order valence-corrected chi connectivity index (χ0v) is 14.7. The Bertz CT molecular complexity index is 902. The van der Waals surface area contributed by atoms with Crippen LogP contribution in [-0.2, 0) is 0 Å². The number of carbonyl (C=O) groups excluding carboxylic acids is 2. The van der Waals surface area contributed by atoms with E-state index in [1.54, 1.807) is 35.6 Å². The number of aromatic nitrogens is 1. The van der Waals surface area contributed by atoms with E-state index in [0.717, 1.165) is 19.5 Å². The average molecular weight is 370 g/mol. The number of thioether (sulfide) groups is 1. The number of nitrogens with zero attached hydrogens (tertiary/aromatic N) is 2. The summed E-state index contributed by atoms with van der Waals surface area (Å²) in [6.07, 6.45) is -0.806. The summed E-state index contributed by atoms with van der Waals surface area (Å²) in [5, 5.41) is 10.3. The van der Waals surface area contributed by atoms with Gasteiger partial charge in [0.2, 0.25) is 0 Å². The lowest BCUT2D eigenvalue weighted by Crippen LogP contribution is -2.37. The first-order chi connectivity index (χ1) is 12.1. The van der Waals surface area contributed by atoms with Crippen molar-refractivity contribution in [3.05, 3.63) is 59.7 Å². The van der Waals surface area contributed by atoms with Crippen molar-refractivity contribution < 1.29 is 14.7 Å². The Morgan fingerprint density at radius 3 is 2.36 bits per heavy atom. The smallest absolute Gasteiger partial charge is 0.261 e. The second-order valence-corrected chi connectivity index (χ2v) is 7.98. The number of thiazole rings is 1. The Morgan fingerprint density at radius 1 is 1.04 bits per heavy atom. The molecule has 1 unspecified atom stereocenters. The van der Waals surface area contributed by atoms with Crippen molar-refractivity contribution in [3.8, 4) is 0 Å². The Labute approximate surface area is 152 Å². The number of rotatable bonds is 5. The van der Waals surface area contributed by atoms with Gasteiger partial charge in [-0.05, 0) is 24.3 Å². The van der Waals surface area contributed by atoms with Crippen molar-refractivity contribution in [1.29, 1.82) is 0 Å². The Kier molecular flexibility index (Phi) is 4.29. The maximum absolute atomic E-state index is 12.3. The lowest BCUT2D eigenvalue weighted by atomic mass is 10.1. The van der Waals surface area contributed by atoms with Crippen molar-refractivity contribution in [1.82, 2.24) is 9.88 Å². The van der Waals surface area contributed by atoms with Gasteiger partial charge in [0.1, 0.15) is 0 Å². The maximum atomic E-state index is 12.3. The van der Waals surface area contributed by atoms with E-state index < -0.39 is 6.10 Å².